The van der Waals surface area contributed by atoms with E-state index in [0.29, 0.717) is 33.7 Å². The van der Waals surface area contributed by atoms with Crippen molar-refractivity contribution in [2.45, 2.75) is 23.9 Å². The molecule has 4 rings (SSSR count). The Morgan fingerprint density at radius 1 is 1.24 bits per heavy atom. The predicted octanol–water partition coefficient (Wildman–Crippen LogP) is 3.62. The molecular formula is C20H17F2N5OS. The van der Waals surface area contributed by atoms with Gasteiger partial charge in [0.1, 0.15) is 17.7 Å². The fraction of sp³-hybridized carbons (Fsp3) is 0.150. The van der Waals surface area contributed by atoms with E-state index in [1.807, 2.05) is 0 Å². The second-order valence-electron chi connectivity index (χ2n) is 6.53. The molecule has 0 fully saturated rings. The minimum Gasteiger partial charge on any atom is -0.366 e. The van der Waals surface area contributed by atoms with Crippen LogP contribution in [-0.4, -0.2) is 20.7 Å². The monoisotopic (exact) mass is 413 g/mol. The quantitative estimate of drug-likeness (QED) is 0.624. The van der Waals surface area contributed by atoms with Crippen LogP contribution in [0.4, 0.5) is 14.7 Å². The Bertz CT molecular complexity index is 1130. The largest absolute Gasteiger partial charge is 0.366 e. The first-order chi connectivity index (χ1) is 13.9. The molecule has 0 saturated heterocycles. The van der Waals surface area contributed by atoms with Crippen molar-refractivity contribution in [2.75, 3.05) is 5.32 Å². The number of amides is 1. The van der Waals surface area contributed by atoms with Crippen LogP contribution in [0.3, 0.4) is 0 Å². The summed E-state index contributed by atoms with van der Waals surface area (Å²) in [6, 6.07) is 11.7. The summed E-state index contributed by atoms with van der Waals surface area (Å²) in [4.78, 5) is 16.6. The van der Waals surface area contributed by atoms with Crippen LogP contribution in [-0.2, 0) is 10.5 Å². The van der Waals surface area contributed by atoms with E-state index in [9.17, 15) is 13.6 Å². The Morgan fingerprint density at radius 3 is 2.76 bits per heavy atom. The zero-order valence-electron chi connectivity index (χ0n) is 15.4. The third kappa shape index (κ3) is 3.73. The number of aromatic nitrogens is 3. The zero-order chi connectivity index (χ0) is 20.5. The molecule has 2 heterocycles. The Hall–Kier alpha value is -3.20. The van der Waals surface area contributed by atoms with Crippen LogP contribution >= 0.6 is 11.8 Å². The molecule has 2 aromatic carbocycles. The molecule has 0 spiro atoms. The summed E-state index contributed by atoms with van der Waals surface area (Å²) >= 11 is 1.26. The Morgan fingerprint density at radius 2 is 2.03 bits per heavy atom. The van der Waals surface area contributed by atoms with Crippen LogP contribution in [0.25, 0.3) is 0 Å². The molecule has 1 aliphatic heterocycles. The summed E-state index contributed by atoms with van der Waals surface area (Å²) in [7, 11) is 0. The predicted molar refractivity (Wildman–Crippen MR) is 106 cm³/mol. The topological polar surface area (TPSA) is 85.8 Å². The van der Waals surface area contributed by atoms with Gasteiger partial charge in [-0.15, -0.1) is 5.10 Å². The van der Waals surface area contributed by atoms with Gasteiger partial charge < -0.3 is 11.1 Å². The molecule has 3 aromatic rings. The molecule has 0 aliphatic carbocycles. The second-order valence-corrected chi connectivity index (χ2v) is 7.47. The van der Waals surface area contributed by atoms with Gasteiger partial charge in [-0.05, 0) is 36.2 Å². The molecule has 6 nitrogen and oxygen atoms in total. The number of carbonyl (C=O) groups is 1. The van der Waals surface area contributed by atoms with Crippen molar-refractivity contribution in [2.24, 2.45) is 5.73 Å². The Balaban J connectivity index is 1.70. The molecule has 1 aliphatic rings. The second kappa shape index (κ2) is 7.67. The number of allylic oxidation sites excluding steroid dienone is 1. The molecule has 9 heteroatoms. The number of nitrogens with two attached hydrogens (primary N) is 1. The number of carbonyl (C=O) groups excluding carboxylic acids is 1. The van der Waals surface area contributed by atoms with Gasteiger partial charge in [-0.2, -0.15) is 4.98 Å². The molecule has 29 heavy (non-hydrogen) atoms. The number of thioether (sulfide) groups is 1. The van der Waals surface area contributed by atoms with Crippen molar-refractivity contribution >= 4 is 23.6 Å². The van der Waals surface area contributed by atoms with E-state index in [0.717, 1.165) is 0 Å². The van der Waals surface area contributed by atoms with Crippen molar-refractivity contribution in [3.63, 3.8) is 0 Å². The van der Waals surface area contributed by atoms with Crippen LogP contribution in [0.5, 0.6) is 0 Å². The lowest BCUT2D eigenvalue weighted by atomic mass is 9.95. The summed E-state index contributed by atoms with van der Waals surface area (Å²) in [6.07, 6.45) is 0. The fourth-order valence-electron chi connectivity index (χ4n) is 3.25. The van der Waals surface area contributed by atoms with Crippen molar-refractivity contribution < 1.29 is 13.6 Å². The first kappa shape index (κ1) is 19.1. The maximum atomic E-state index is 13.9. The number of rotatable bonds is 5. The number of fused-ring (bicyclic) bond motifs is 1. The molecule has 148 valence electrons. The van der Waals surface area contributed by atoms with Gasteiger partial charge in [0.2, 0.25) is 17.0 Å². The minimum atomic E-state index is -0.713. The molecule has 1 amide bonds. The molecule has 3 N–H and O–H groups in total. The zero-order valence-corrected chi connectivity index (χ0v) is 16.2. The summed E-state index contributed by atoms with van der Waals surface area (Å²) < 4.78 is 29.2. The number of nitrogens with one attached hydrogen (secondary N) is 1. The number of hydrogen-bond acceptors (Lipinski definition) is 5. The van der Waals surface area contributed by atoms with Gasteiger partial charge >= 0.3 is 0 Å². The summed E-state index contributed by atoms with van der Waals surface area (Å²) in [5.74, 6) is -0.620. The van der Waals surface area contributed by atoms with Gasteiger partial charge in [0.05, 0.1) is 5.57 Å². The normalized spacial score (nSPS) is 15.8. The molecule has 0 saturated carbocycles. The highest BCUT2D eigenvalue weighted by Crippen LogP contribution is 2.36. The third-order valence-electron chi connectivity index (χ3n) is 4.58. The lowest BCUT2D eigenvalue weighted by Crippen LogP contribution is -2.31. The number of hydrogen-bond donors (Lipinski definition) is 2. The van der Waals surface area contributed by atoms with Crippen molar-refractivity contribution in [1.82, 2.24) is 14.8 Å². The molecular weight excluding hydrogens is 396 g/mol. The molecule has 1 aromatic heterocycles. The summed E-state index contributed by atoms with van der Waals surface area (Å²) in [5.41, 5.74) is 7.46. The molecule has 1 unspecified atom stereocenters. The van der Waals surface area contributed by atoms with E-state index >= 15 is 0 Å². The van der Waals surface area contributed by atoms with Gasteiger partial charge in [0, 0.05) is 11.4 Å². The van der Waals surface area contributed by atoms with Gasteiger partial charge in [0.15, 0.2) is 0 Å². The average Bonchev–Trinajstić information content (AvgIpc) is 3.08. The SMILES string of the molecule is CC1=C(C(N)=O)C(c2cccc(F)c2)n2nc(SCc3ccccc3F)nc2N1. The average molecular weight is 413 g/mol. The molecule has 0 bridgehead atoms. The van der Waals surface area contributed by atoms with Crippen molar-refractivity contribution in [1.29, 1.82) is 0 Å². The number of benzene rings is 2. The van der Waals surface area contributed by atoms with Crippen LogP contribution in [0.15, 0.2) is 65.0 Å². The fourth-order valence-corrected chi connectivity index (χ4v) is 4.07. The Labute approximate surface area is 169 Å². The van der Waals surface area contributed by atoms with Crippen molar-refractivity contribution in [3.8, 4) is 0 Å². The highest BCUT2D eigenvalue weighted by atomic mass is 32.2. The van der Waals surface area contributed by atoms with E-state index in [-0.39, 0.29) is 11.4 Å². The third-order valence-corrected chi connectivity index (χ3v) is 5.46. The smallest absolute Gasteiger partial charge is 0.248 e. The summed E-state index contributed by atoms with van der Waals surface area (Å²) in [5, 5.41) is 7.89. The highest BCUT2D eigenvalue weighted by Gasteiger charge is 2.33. The van der Waals surface area contributed by atoms with Gasteiger partial charge in [-0.3, -0.25) is 4.79 Å². The molecule has 1 atom stereocenters. The summed E-state index contributed by atoms with van der Waals surface area (Å²) in [6.45, 7) is 1.71. The van der Waals surface area contributed by atoms with Gasteiger partial charge in [0.25, 0.3) is 0 Å². The Kier molecular flexibility index (Phi) is 5.06. The number of nitrogens with zero attached hydrogens (tertiary/aromatic N) is 3. The van der Waals surface area contributed by atoms with Gasteiger partial charge in [-0.1, -0.05) is 42.1 Å². The molecule has 0 radical (unpaired) electrons. The first-order valence-corrected chi connectivity index (χ1v) is 9.78. The number of anilines is 1. The van der Waals surface area contributed by atoms with Crippen LogP contribution < -0.4 is 11.1 Å². The highest BCUT2D eigenvalue weighted by molar-refractivity contribution is 7.98. The standard InChI is InChI=1S/C20H17F2N5OS/c1-11-16(18(23)28)17(12-6-4-7-14(21)9-12)27-19(24-11)25-20(26-27)29-10-13-5-2-3-8-15(13)22/h2-9,17H,10H2,1H3,(H2,23,28)(H,24,25,26). The van der Waals surface area contributed by atoms with Crippen LogP contribution in [0, 0.1) is 11.6 Å². The maximum Gasteiger partial charge on any atom is 0.248 e. The maximum absolute atomic E-state index is 13.9. The van der Waals surface area contributed by atoms with E-state index in [4.69, 9.17) is 5.73 Å². The van der Waals surface area contributed by atoms with E-state index < -0.39 is 17.8 Å². The van der Waals surface area contributed by atoms with Crippen LogP contribution in [0.1, 0.15) is 24.1 Å². The van der Waals surface area contributed by atoms with Crippen molar-refractivity contribution in [3.05, 3.63) is 82.6 Å². The van der Waals surface area contributed by atoms with Crippen LogP contribution in [0.2, 0.25) is 0 Å². The lowest BCUT2D eigenvalue weighted by Gasteiger charge is -2.27. The number of primary amides is 1. The number of halogens is 2. The van der Waals surface area contributed by atoms with E-state index in [2.05, 4.69) is 15.4 Å². The first-order valence-electron chi connectivity index (χ1n) is 8.80. The van der Waals surface area contributed by atoms with Gasteiger partial charge in [-0.25, -0.2) is 13.5 Å². The minimum absolute atomic E-state index is 0.277. The van der Waals surface area contributed by atoms with E-state index in [1.165, 1.54) is 34.6 Å². The lowest BCUT2D eigenvalue weighted by molar-refractivity contribution is -0.115. The van der Waals surface area contributed by atoms with E-state index in [1.54, 1.807) is 37.3 Å².